The van der Waals surface area contributed by atoms with E-state index < -0.39 is 0 Å². The summed E-state index contributed by atoms with van der Waals surface area (Å²) in [6.45, 7) is 10.7. The third-order valence-electron chi connectivity index (χ3n) is 3.65. The van der Waals surface area contributed by atoms with Gasteiger partial charge in [-0.1, -0.05) is 47.0 Å². The van der Waals surface area contributed by atoms with Gasteiger partial charge >= 0.3 is 0 Å². The SMILES string of the molecule is Cc1cc(C)cc(C(N)c2c(C)cc(C)cc2C)c1. The number of benzene rings is 2. The second-order valence-electron chi connectivity index (χ2n) is 5.71. The summed E-state index contributed by atoms with van der Waals surface area (Å²) < 4.78 is 0. The normalized spacial score (nSPS) is 12.5. The van der Waals surface area contributed by atoms with Crippen molar-refractivity contribution in [1.29, 1.82) is 0 Å². The Labute approximate surface area is 116 Å². The smallest absolute Gasteiger partial charge is 0.0557 e. The largest absolute Gasteiger partial charge is 0.320 e. The molecule has 1 unspecified atom stereocenters. The molecule has 0 spiro atoms. The summed E-state index contributed by atoms with van der Waals surface area (Å²) in [6, 6.07) is 11.0. The summed E-state index contributed by atoms with van der Waals surface area (Å²) in [5.41, 5.74) is 15.4. The molecule has 0 aliphatic rings. The van der Waals surface area contributed by atoms with Crippen LogP contribution in [0.15, 0.2) is 30.3 Å². The fourth-order valence-electron chi connectivity index (χ4n) is 3.04. The highest BCUT2D eigenvalue weighted by Crippen LogP contribution is 2.28. The van der Waals surface area contributed by atoms with Crippen LogP contribution >= 0.6 is 0 Å². The zero-order valence-electron chi connectivity index (χ0n) is 12.5. The Balaban J connectivity index is 2.52. The first-order valence-electron chi connectivity index (χ1n) is 6.80. The van der Waals surface area contributed by atoms with Gasteiger partial charge in [-0.05, 0) is 56.9 Å². The number of hydrogen-bond donors (Lipinski definition) is 1. The van der Waals surface area contributed by atoms with Gasteiger partial charge in [0.05, 0.1) is 6.04 Å². The van der Waals surface area contributed by atoms with Crippen molar-refractivity contribution in [3.8, 4) is 0 Å². The van der Waals surface area contributed by atoms with E-state index in [1.54, 1.807) is 0 Å². The molecule has 0 bridgehead atoms. The minimum Gasteiger partial charge on any atom is -0.320 e. The molecule has 1 atom stereocenters. The van der Waals surface area contributed by atoms with E-state index in [0.29, 0.717) is 0 Å². The van der Waals surface area contributed by atoms with E-state index in [1.807, 2.05) is 0 Å². The maximum Gasteiger partial charge on any atom is 0.0557 e. The molecule has 2 rings (SSSR count). The van der Waals surface area contributed by atoms with Gasteiger partial charge in [0.25, 0.3) is 0 Å². The van der Waals surface area contributed by atoms with Crippen molar-refractivity contribution in [3.63, 3.8) is 0 Å². The number of hydrogen-bond acceptors (Lipinski definition) is 1. The predicted molar refractivity (Wildman–Crippen MR) is 82.6 cm³/mol. The highest BCUT2D eigenvalue weighted by Gasteiger charge is 2.15. The van der Waals surface area contributed by atoms with Crippen LogP contribution < -0.4 is 5.73 Å². The summed E-state index contributed by atoms with van der Waals surface area (Å²) in [7, 11) is 0. The van der Waals surface area contributed by atoms with Gasteiger partial charge in [0, 0.05) is 0 Å². The van der Waals surface area contributed by atoms with Crippen molar-refractivity contribution < 1.29 is 0 Å². The highest BCUT2D eigenvalue weighted by atomic mass is 14.6. The molecule has 100 valence electrons. The Kier molecular flexibility index (Phi) is 3.77. The lowest BCUT2D eigenvalue weighted by atomic mass is 9.89. The van der Waals surface area contributed by atoms with Crippen LogP contribution in [0.2, 0.25) is 0 Å². The molecule has 0 radical (unpaired) electrons. The maximum atomic E-state index is 6.51. The van der Waals surface area contributed by atoms with Gasteiger partial charge in [-0.3, -0.25) is 0 Å². The van der Waals surface area contributed by atoms with Gasteiger partial charge in [0.2, 0.25) is 0 Å². The van der Waals surface area contributed by atoms with Crippen LogP contribution in [0.25, 0.3) is 0 Å². The summed E-state index contributed by atoms with van der Waals surface area (Å²) in [4.78, 5) is 0. The molecular formula is C18H23N. The third-order valence-corrected chi connectivity index (χ3v) is 3.65. The van der Waals surface area contributed by atoms with Gasteiger partial charge < -0.3 is 5.73 Å². The van der Waals surface area contributed by atoms with E-state index in [0.717, 1.165) is 0 Å². The molecule has 0 saturated heterocycles. The fraction of sp³-hybridized carbons (Fsp3) is 0.333. The molecule has 0 saturated carbocycles. The Morgan fingerprint density at radius 1 is 0.684 bits per heavy atom. The van der Waals surface area contributed by atoms with E-state index >= 15 is 0 Å². The van der Waals surface area contributed by atoms with Crippen molar-refractivity contribution in [1.82, 2.24) is 0 Å². The monoisotopic (exact) mass is 253 g/mol. The molecule has 0 amide bonds. The second-order valence-corrected chi connectivity index (χ2v) is 5.71. The fourth-order valence-corrected chi connectivity index (χ4v) is 3.04. The first kappa shape index (κ1) is 13.8. The molecule has 0 aliphatic heterocycles. The van der Waals surface area contributed by atoms with Crippen LogP contribution in [0.1, 0.15) is 45.0 Å². The van der Waals surface area contributed by atoms with Gasteiger partial charge in [-0.2, -0.15) is 0 Å². The number of rotatable bonds is 2. The van der Waals surface area contributed by atoms with Crippen molar-refractivity contribution in [2.75, 3.05) is 0 Å². The van der Waals surface area contributed by atoms with Crippen molar-refractivity contribution in [2.45, 2.75) is 40.7 Å². The molecule has 2 aromatic rings. The first-order chi connectivity index (χ1) is 8.88. The van der Waals surface area contributed by atoms with E-state index in [9.17, 15) is 0 Å². The van der Waals surface area contributed by atoms with E-state index in [2.05, 4.69) is 65.0 Å². The van der Waals surface area contributed by atoms with Crippen molar-refractivity contribution in [2.24, 2.45) is 5.73 Å². The molecule has 0 aliphatic carbocycles. The number of aryl methyl sites for hydroxylation is 5. The maximum absolute atomic E-state index is 6.51. The zero-order valence-corrected chi connectivity index (χ0v) is 12.5. The molecule has 1 nitrogen and oxygen atoms in total. The van der Waals surface area contributed by atoms with Gasteiger partial charge in [-0.25, -0.2) is 0 Å². The summed E-state index contributed by atoms with van der Waals surface area (Å²) in [5, 5.41) is 0. The van der Waals surface area contributed by atoms with Crippen molar-refractivity contribution >= 4 is 0 Å². The number of nitrogens with two attached hydrogens (primary N) is 1. The van der Waals surface area contributed by atoms with Gasteiger partial charge in [0.1, 0.15) is 0 Å². The average molecular weight is 253 g/mol. The second kappa shape index (κ2) is 5.18. The van der Waals surface area contributed by atoms with Crippen molar-refractivity contribution in [3.05, 3.63) is 69.3 Å². The Hall–Kier alpha value is -1.60. The quantitative estimate of drug-likeness (QED) is 0.849. The Morgan fingerprint density at radius 3 is 1.58 bits per heavy atom. The molecule has 0 aromatic heterocycles. The molecular weight excluding hydrogens is 230 g/mol. The van der Waals surface area contributed by atoms with Gasteiger partial charge in [-0.15, -0.1) is 0 Å². The Morgan fingerprint density at radius 2 is 1.11 bits per heavy atom. The third kappa shape index (κ3) is 2.87. The molecule has 0 fully saturated rings. The van der Waals surface area contributed by atoms with E-state index in [1.165, 1.54) is 38.9 Å². The van der Waals surface area contributed by atoms with Crippen LogP contribution in [-0.4, -0.2) is 0 Å². The molecule has 2 aromatic carbocycles. The summed E-state index contributed by atoms with van der Waals surface area (Å²) >= 11 is 0. The van der Waals surface area contributed by atoms with E-state index in [-0.39, 0.29) is 6.04 Å². The topological polar surface area (TPSA) is 26.0 Å². The lowest BCUT2D eigenvalue weighted by Gasteiger charge is -2.20. The molecule has 1 heteroatoms. The van der Waals surface area contributed by atoms with Crippen LogP contribution in [-0.2, 0) is 0 Å². The lowest BCUT2D eigenvalue weighted by Crippen LogP contribution is -2.15. The standard InChI is InChI=1S/C18H23N/c1-11-6-12(2)10-16(9-11)18(19)17-14(4)7-13(3)8-15(17)5/h6-10,18H,19H2,1-5H3. The first-order valence-corrected chi connectivity index (χ1v) is 6.80. The lowest BCUT2D eigenvalue weighted by molar-refractivity contribution is 0.847. The minimum atomic E-state index is -0.0424. The van der Waals surface area contributed by atoms with E-state index in [4.69, 9.17) is 5.73 Å². The van der Waals surface area contributed by atoms with Crippen LogP contribution in [0.3, 0.4) is 0 Å². The molecule has 19 heavy (non-hydrogen) atoms. The van der Waals surface area contributed by atoms with Crippen LogP contribution in [0.4, 0.5) is 0 Å². The minimum absolute atomic E-state index is 0.0424. The molecule has 2 N–H and O–H groups in total. The average Bonchev–Trinajstić information content (AvgIpc) is 2.25. The van der Waals surface area contributed by atoms with Gasteiger partial charge in [0.15, 0.2) is 0 Å². The van der Waals surface area contributed by atoms with Crippen LogP contribution in [0, 0.1) is 34.6 Å². The zero-order chi connectivity index (χ0) is 14.2. The Bertz CT molecular complexity index is 568. The molecule has 0 heterocycles. The predicted octanol–water partition coefficient (Wildman–Crippen LogP) is 4.28. The summed E-state index contributed by atoms with van der Waals surface area (Å²) in [5.74, 6) is 0. The highest BCUT2D eigenvalue weighted by molar-refractivity contribution is 5.45. The van der Waals surface area contributed by atoms with Crippen LogP contribution in [0.5, 0.6) is 0 Å². The summed E-state index contributed by atoms with van der Waals surface area (Å²) in [6.07, 6.45) is 0.